The Bertz CT molecular complexity index is 932. The number of aryl methyl sites for hydroxylation is 2. The van der Waals surface area contributed by atoms with Crippen LogP contribution in [0.1, 0.15) is 28.7 Å². The Morgan fingerprint density at radius 3 is 2.84 bits per heavy atom. The highest BCUT2D eigenvalue weighted by Crippen LogP contribution is 2.32. The van der Waals surface area contributed by atoms with Gasteiger partial charge in [-0.3, -0.25) is 4.68 Å². The second-order valence-corrected chi connectivity index (χ2v) is 6.49. The normalized spacial score (nSPS) is 11.1. The molecule has 25 heavy (non-hydrogen) atoms. The highest BCUT2D eigenvalue weighted by atomic mass is 79.9. The highest BCUT2D eigenvalue weighted by Gasteiger charge is 2.23. The fourth-order valence-electron chi connectivity index (χ4n) is 2.90. The van der Waals surface area contributed by atoms with E-state index < -0.39 is 5.97 Å². The van der Waals surface area contributed by atoms with E-state index in [0.29, 0.717) is 29.0 Å². The monoisotopic (exact) mass is 406 g/mol. The van der Waals surface area contributed by atoms with E-state index in [4.69, 9.17) is 9.15 Å². The van der Waals surface area contributed by atoms with Crippen LogP contribution in [0.4, 0.5) is 5.69 Å². The minimum absolute atomic E-state index is 0.303. The number of pyridine rings is 1. The summed E-state index contributed by atoms with van der Waals surface area (Å²) in [5.74, 6) is 0.373. The Morgan fingerprint density at radius 2 is 2.20 bits per heavy atom. The molecule has 7 nitrogen and oxygen atoms in total. The third-order valence-corrected chi connectivity index (χ3v) is 4.32. The number of hydrogen-bond donors (Lipinski definition) is 0. The van der Waals surface area contributed by atoms with Crippen molar-refractivity contribution in [2.24, 2.45) is 7.05 Å². The predicted octanol–water partition coefficient (Wildman–Crippen LogP) is 3.45. The van der Waals surface area contributed by atoms with E-state index in [1.807, 2.05) is 38.1 Å². The number of anilines is 1. The molecular formula is C17H19BrN4O3. The molecule has 0 saturated heterocycles. The molecule has 3 rings (SSSR count). The molecule has 3 aromatic rings. The first-order valence-electron chi connectivity index (χ1n) is 7.87. The Hall–Kier alpha value is -2.35. The Kier molecular flexibility index (Phi) is 4.80. The van der Waals surface area contributed by atoms with Gasteiger partial charge in [-0.05, 0) is 41.9 Å². The number of rotatable bonds is 5. The standard InChI is InChI=1S/C17H19BrN4O3/c1-5-24-17(23)12-8-19-16-14(10(2)20-22(16)4)15(12)21(3)9-11-6-7-13(18)25-11/h6-8H,5,9H2,1-4H3. The van der Waals surface area contributed by atoms with Gasteiger partial charge in [0, 0.05) is 20.3 Å². The number of furan rings is 1. The van der Waals surface area contributed by atoms with Crippen LogP contribution >= 0.6 is 15.9 Å². The number of fused-ring (bicyclic) bond motifs is 1. The van der Waals surface area contributed by atoms with Crippen LogP contribution in [0.15, 0.2) is 27.4 Å². The Morgan fingerprint density at radius 1 is 1.44 bits per heavy atom. The number of ether oxygens (including phenoxy) is 1. The van der Waals surface area contributed by atoms with Gasteiger partial charge in [-0.15, -0.1) is 0 Å². The fraction of sp³-hybridized carbons (Fsp3) is 0.353. The number of carbonyl (C=O) groups excluding carboxylic acids is 1. The number of hydrogen-bond acceptors (Lipinski definition) is 6. The smallest absolute Gasteiger partial charge is 0.341 e. The summed E-state index contributed by atoms with van der Waals surface area (Å²) in [6.45, 7) is 4.48. The largest absolute Gasteiger partial charge is 0.462 e. The Balaban J connectivity index is 2.14. The molecule has 0 unspecified atom stereocenters. The summed E-state index contributed by atoms with van der Waals surface area (Å²) in [6, 6.07) is 3.73. The average Bonchev–Trinajstić information content (AvgIpc) is 3.10. The maximum atomic E-state index is 12.4. The van der Waals surface area contributed by atoms with E-state index in [0.717, 1.165) is 22.5 Å². The molecule has 0 aliphatic rings. The van der Waals surface area contributed by atoms with Crippen molar-refractivity contribution in [1.82, 2.24) is 14.8 Å². The lowest BCUT2D eigenvalue weighted by Gasteiger charge is -2.22. The lowest BCUT2D eigenvalue weighted by atomic mass is 10.1. The number of esters is 1. The minimum Gasteiger partial charge on any atom is -0.462 e. The molecule has 0 saturated carbocycles. The molecule has 3 heterocycles. The zero-order valence-corrected chi connectivity index (χ0v) is 16.1. The predicted molar refractivity (Wildman–Crippen MR) is 97.7 cm³/mol. The summed E-state index contributed by atoms with van der Waals surface area (Å²) in [7, 11) is 3.74. The van der Waals surface area contributed by atoms with Crippen LogP contribution < -0.4 is 4.90 Å². The molecule has 0 radical (unpaired) electrons. The summed E-state index contributed by atoms with van der Waals surface area (Å²) in [4.78, 5) is 18.8. The molecule has 0 aliphatic carbocycles. The summed E-state index contributed by atoms with van der Waals surface area (Å²) in [6.07, 6.45) is 1.55. The molecule has 0 bridgehead atoms. The van der Waals surface area contributed by atoms with Crippen molar-refractivity contribution in [2.75, 3.05) is 18.6 Å². The molecule has 0 aromatic carbocycles. The molecule has 0 amide bonds. The number of carbonyl (C=O) groups is 1. The first-order chi connectivity index (χ1) is 11.9. The summed E-state index contributed by atoms with van der Waals surface area (Å²) in [5.41, 5.74) is 2.67. The van der Waals surface area contributed by atoms with Gasteiger partial charge in [-0.1, -0.05) is 0 Å². The van der Waals surface area contributed by atoms with Crippen molar-refractivity contribution in [1.29, 1.82) is 0 Å². The molecule has 0 fully saturated rings. The fourth-order valence-corrected chi connectivity index (χ4v) is 3.24. The van der Waals surface area contributed by atoms with Gasteiger partial charge in [0.05, 0.1) is 29.9 Å². The van der Waals surface area contributed by atoms with Crippen LogP contribution in [0.25, 0.3) is 11.0 Å². The van der Waals surface area contributed by atoms with E-state index in [1.54, 1.807) is 17.8 Å². The van der Waals surface area contributed by atoms with Gasteiger partial charge in [-0.2, -0.15) is 5.10 Å². The van der Waals surface area contributed by atoms with Gasteiger partial charge < -0.3 is 14.1 Å². The zero-order chi connectivity index (χ0) is 18.1. The lowest BCUT2D eigenvalue weighted by Crippen LogP contribution is -2.21. The van der Waals surface area contributed by atoms with Gasteiger partial charge in [0.25, 0.3) is 0 Å². The lowest BCUT2D eigenvalue weighted by molar-refractivity contribution is 0.0527. The van der Waals surface area contributed by atoms with Crippen molar-refractivity contribution < 1.29 is 13.9 Å². The number of nitrogens with zero attached hydrogens (tertiary/aromatic N) is 4. The number of halogens is 1. The van der Waals surface area contributed by atoms with Crippen LogP contribution in [0.5, 0.6) is 0 Å². The van der Waals surface area contributed by atoms with Gasteiger partial charge in [0.1, 0.15) is 11.3 Å². The molecule has 3 aromatic heterocycles. The van der Waals surface area contributed by atoms with Crippen LogP contribution in [0.3, 0.4) is 0 Å². The van der Waals surface area contributed by atoms with E-state index in [9.17, 15) is 4.79 Å². The van der Waals surface area contributed by atoms with Gasteiger partial charge in [0.2, 0.25) is 0 Å². The van der Waals surface area contributed by atoms with Crippen LogP contribution in [-0.4, -0.2) is 34.4 Å². The summed E-state index contributed by atoms with van der Waals surface area (Å²) >= 11 is 3.31. The van der Waals surface area contributed by atoms with Crippen molar-refractivity contribution in [3.63, 3.8) is 0 Å². The van der Waals surface area contributed by atoms with Crippen LogP contribution in [-0.2, 0) is 18.3 Å². The van der Waals surface area contributed by atoms with Crippen molar-refractivity contribution >= 4 is 38.6 Å². The van der Waals surface area contributed by atoms with E-state index >= 15 is 0 Å². The van der Waals surface area contributed by atoms with E-state index in [-0.39, 0.29) is 0 Å². The van der Waals surface area contributed by atoms with Crippen LogP contribution in [0.2, 0.25) is 0 Å². The molecule has 0 atom stereocenters. The number of aromatic nitrogens is 3. The van der Waals surface area contributed by atoms with Crippen molar-refractivity contribution in [3.05, 3.63) is 40.0 Å². The first kappa shape index (κ1) is 17.5. The topological polar surface area (TPSA) is 73.4 Å². The van der Waals surface area contributed by atoms with Crippen LogP contribution in [0, 0.1) is 6.92 Å². The molecule has 0 spiro atoms. The van der Waals surface area contributed by atoms with Crippen molar-refractivity contribution in [2.45, 2.75) is 20.4 Å². The molecule has 0 N–H and O–H groups in total. The SMILES string of the molecule is CCOC(=O)c1cnc2c(c(C)nn2C)c1N(C)Cc1ccc(Br)o1. The van der Waals surface area contributed by atoms with Crippen molar-refractivity contribution in [3.8, 4) is 0 Å². The second kappa shape index (κ2) is 6.87. The summed E-state index contributed by atoms with van der Waals surface area (Å²) < 4.78 is 13.2. The van der Waals surface area contributed by atoms with Gasteiger partial charge in [0.15, 0.2) is 10.3 Å². The molecule has 8 heteroatoms. The molecule has 0 aliphatic heterocycles. The zero-order valence-electron chi connectivity index (χ0n) is 14.5. The third-order valence-electron chi connectivity index (χ3n) is 3.90. The minimum atomic E-state index is -0.400. The van der Waals surface area contributed by atoms with E-state index in [1.165, 1.54) is 0 Å². The third kappa shape index (κ3) is 3.26. The quantitative estimate of drug-likeness (QED) is 0.604. The van der Waals surface area contributed by atoms with Gasteiger partial charge >= 0.3 is 5.97 Å². The summed E-state index contributed by atoms with van der Waals surface area (Å²) in [5, 5.41) is 5.27. The maximum Gasteiger partial charge on any atom is 0.341 e. The first-order valence-corrected chi connectivity index (χ1v) is 8.66. The average molecular weight is 407 g/mol. The molecular weight excluding hydrogens is 388 g/mol. The highest BCUT2D eigenvalue weighted by molar-refractivity contribution is 9.10. The Labute approximate surface area is 153 Å². The van der Waals surface area contributed by atoms with Gasteiger partial charge in [-0.25, -0.2) is 9.78 Å². The van der Waals surface area contributed by atoms with E-state index in [2.05, 4.69) is 26.0 Å². The second-order valence-electron chi connectivity index (χ2n) is 5.71. The molecule has 132 valence electrons. The maximum absolute atomic E-state index is 12.4.